The van der Waals surface area contributed by atoms with Gasteiger partial charge in [-0.25, -0.2) is 0 Å². The van der Waals surface area contributed by atoms with E-state index in [4.69, 9.17) is 0 Å². The van der Waals surface area contributed by atoms with E-state index >= 15 is 0 Å². The first-order chi connectivity index (χ1) is 10.6. The van der Waals surface area contributed by atoms with E-state index in [2.05, 4.69) is 43.8 Å². The predicted octanol–water partition coefficient (Wildman–Crippen LogP) is 6.38. The molecule has 0 radical (unpaired) electrons. The van der Waals surface area contributed by atoms with E-state index in [-0.39, 0.29) is 5.25 Å². The third-order valence-corrected chi connectivity index (χ3v) is 3.52. The van der Waals surface area contributed by atoms with Gasteiger partial charge in [0.25, 0.3) is 0 Å². The van der Waals surface area contributed by atoms with Crippen LogP contribution in [0.5, 0.6) is 5.75 Å². The number of halogens is 6. The van der Waals surface area contributed by atoms with Crippen LogP contribution in [-0.2, 0) is 19.0 Å². The number of hydrogen-bond donors (Lipinski definition) is 1. The Kier molecular flexibility index (Phi) is 5.58. The van der Waals surface area contributed by atoms with Crippen LogP contribution in [-0.4, -0.2) is 5.11 Å². The molecule has 1 unspecified atom stereocenters. The summed E-state index contributed by atoms with van der Waals surface area (Å²) in [6.07, 6.45) is 0.953. The molecule has 0 bridgehead atoms. The SMILES string of the molecule is Cc1ccccc1CC([SH2+])c1ccc(O)cc1.F[P-](F)(F)(F)(F)F. The van der Waals surface area contributed by atoms with E-state index in [9.17, 15) is 30.3 Å². The van der Waals surface area contributed by atoms with Crippen molar-refractivity contribution in [2.45, 2.75) is 18.6 Å². The van der Waals surface area contributed by atoms with Crippen molar-refractivity contribution in [3.05, 3.63) is 65.2 Å². The summed E-state index contributed by atoms with van der Waals surface area (Å²) in [5.41, 5.74) is 3.85. The Balaban J connectivity index is 0.000000351. The molecular formula is C15H17F6OPS. The van der Waals surface area contributed by atoms with E-state index in [0.717, 1.165) is 6.42 Å². The topological polar surface area (TPSA) is 20.2 Å². The van der Waals surface area contributed by atoms with Crippen molar-refractivity contribution in [3.63, 3.8) is 0 Å². The molecule has 0 fully saturated rings. The predicted molar refractivity (Wildman–Crippen MR) is 89.5 cm³/mol. The van der Waals surface area contributed by atoms with Gasteiger partial charge in [-0.3, -0.25) is 0 Å². The zero-order valence-electron chi connectivity index (χ0n) is 12.6. The summed E-state index contributed by atoms with van der Waals surface area (Å²) < 4.78 is 59.2. The standard InChI is InChI=1S/C15H16OS.F6P/c1-11-4-2-3-5-13(11)10-15(17)12-6-8-14(16)9-7-12;1-7(2,3,4,5)6/h2-9,15-17H,10H2,1H3;/q;-1/p+1. The fourth-order valence-corrected chi connectivity index (χ4v) is 2.30. The summed E-state index contributed by atoms with van der Waals surface area (Å²) in [7, 11) is -10.7. The van der Waals surface area contributed by atoms with Crippen LogP contribution in [0.3, 0.4) is 0 Å². The molecule has 136 valence electrons. The molecule has 1 N–H and O–H groups in total. The number of hydrogen-bond acceptors (Lipinski definition) is 1. The number of aromatic hydroxyl groups is 1. The van der Waals surface area contributed by atoms with E-state index in [1.807, 2.05) is 12.1 Å². The van der Waals surface area contributed by atoms with Crippen LogP contribution in [0.1, 0.15) is 21.9 Å². The fourth-order valence-electron chi connectivity index (χ4n) is 1.88. The second-order valence-electron chi connectivity index (χ2n) is 5.23. The summed E-state index contributed by atoms with van der Waals surface area (Å²) in [5, 5.41) is 9.53. The van der Waals surface area contributed by atoms with Gasteiger partial charge in [-0.1, -0.05) is 36.4 Å². The van der Waals surface area contributed by atoms with Crippen LogP contribution in [0.25, 0.3) is 0 Å². The number of benzene rings is 2. The molecule has 1 nitrogen and oxygen atoms in total. The van der Waals surface area contributed by atoms with Gasteiger partial charge in [0.1, 0.15) is 11.0 Å². The summed E-state index contributed by atoms with van der Waals surface area (Å²) in [4.78, 5) is 0. The third kappa shape index (κ3) is 10.4. The average Bonchev–Trinajstić information content (AvgIpc) is 2.38. The number of phenols is 1. The van der Waals surface area contributed by atoms with E-state index in [0.29, 0.717) is 5.75 Å². The minimum atomic E-state index is -10.7. The Morgan fingerprint density at radius 2 is 1.38 bits per heavy atom. The minimum absolute atomic E-state index is 0.275. The Hall–Kier alpha value is -1.40. The van der Waals surface area contributed by atoms with E-state index < -0.39 is 7.81 Å². The summed E-state index contributed by atoms with van der Waals surface area (Å²) >= 11 is 3.75. The van der Waals surface area contributed by atoms with Gasteiger partial charge in [0, 0.05) is 12.0 Å². The van der Waals surface area contributed by atoms with Crippen LogP contribution in [0.4, 0.5) is 25.2 Å². The second kappa shape index (κ2) is 6.48. The maximum absolute atomic E-state index is 10.7. The quantitative estimate of drug-likeness (QED) is 0.366. The first-order valence-electron chi connectivity index (χ1n) is 6.73. The van der Waals surface area contributed by atoms with Gasteiger partial charge >= 0.3 is 33.0 Å². The van der Waals surface area contributed by atoms with Gasteiger partial charge in [-0.15, -0.1) is 0 Å². The van der Waals surface area contributed by atoms with Crippen molar-refractivity contribution in [2.24, 2.45) is 0 Å². The van der Waals surface area contributed by atoms with Crippen molar-refractivity contribution >= 4 is 20.4 Å². The Morgan fingerprint density at radius 3 is 1.83 bits per heavy atom. The molecule has 0 amide bonds. The molecule has 2 rings (SSSR count). The molecule has 1 atom stereocenters. The molecule has 0 aromatic heterocycles. The number of rotatable bonds is 3. The van der Waals surface area contributed by atoms with Gasteiger partial charge in [0.2, 0.25) is 0 Å². The van der Waals surface area contributed by atoms with Crippen molar-refractivity contribution in [1.29, 1.82) is 0 Å². The van der Waals surface area contributed by atoms with Gasteiger partial charge < -0.3 is 5.11 Å². The maximum atomic E-state index is 9.87. The Morgan fingerprint density at radius 1 is 0.917 bits per heavy atom. The zero-order chi connectivity index (χ0) is 18.7. The van der Waals surface area contributed by atoms with Crippen LogP contribution in [0.2, 0.25) is 0 Å². The molecule has 0 saturated carbocycles. The molecule has 2 aromatic carbocycles. The normalized spacial score (nSPS) is 15.5. The first-order valence-corrected chi connectivity index (χ1v) is 9.33. The molecule has 0 spiro atoms. The zero-order valence-corrected chi connectivity index (χ0v) is 14.5. The molecule has 0 heterocycles. The van der Waals surface area contributed by atoms with Gasteiger partial charge in [-0.05, 0) is 42.8 Å². The molecule has 2 aromatic rings. The summed E-state index contributed by atoms with van der Waals surface area (Å²) in [6, 6.07) is 15.8. The number of phenolic OH excluding ortho intramolecular Hbond substituents is 1. The molecule has 0 aliphatic rings. The van der Waals surface area contributed by atoms with Gasteiger partial charge in [-0.2, -0.15) is 0 Å². The van der Waals surface area contributed by atoms with Gasteiger partial charge in [0.15, 0.2) is 0 Å². The fraction of sp³-hybridized carbons (Fsp3) is 0.200. The van der Waals surface area contributed by atoms with Crippen molar-refractivity contribution < 1.29 is 30.3 Å². The van der Waals surface area contributed by atoms with Crippen molar-refractivity contribution in [1.82, 2.24) is 0 Å². The molecule has 0 aliphatic carbocycles. The van der Waals surface area contributed by atoms with Crippen LogP contribution < -0.4 is 0 Å². The van der Waals surface area contributed by atoms with E-state index in [1.165, 1.54) is 16.7 Å². The third-order valence-electron chi connectivity index (χ3n) is 2.98. The van der Waals surface area contributed by atoms with Crippen LogP contribution in [0.15, 0.2) is 48.5 Å². The molecular weight excluding hydrogens is 373 g/mol. The molecule has 9 heteroatoms. The Bertz CT molecular complexity index is 674. The first kappa shape index (κ1) is 20.6. The molecule has 0 saturated heterocycles. The molecule has 0 aliphatic heterocycles. The van der Waals surface area contributed by atoms with Crippen molar-refractivity contribution in [3.8, 4) is 5.75 Å². The molecule has 24 heavy (non-hydrogen) atoms. The van der Waals surface area contributed by atoms with Crippen molar-refractivity contribution in [2.75, 3.05) is 0 Å². The number of aryl methyl sites for hydroxylation is 1. The van der Waals surface area contributed by atoms with E-state index in [1.54, 1.807) is 12.1 Å². The van der Waals surface area contributed by atoms with Gasteiger partial charge in [0.05, 0.1) is 0 Å². The average molecular weight is 390 g/mol. The summed E-state index contributed by atoms with van der Waals surface area (Å²) in [5.74, 6) is 0.309. The summed E-state index contributed by atoms with van der Waals surface area (Å²) in [6.45, 7) is 2.13. The van der Waals surface area contributed by atoms with Crippen LogP contribution in [0, 0.1) is 6.92 Å². The second-order valence-corrected chi connectivity index (χ2v) is 7.85. The monoisotopic (exact) mass is 390 g/mol. The van der Waals surface area contributed by atoms with Crippen LogP contribution >= 0.6 is 7.81 Å². The Labute approximate surface area is 141 Å².